The smallest absolute Gasteiger partial charge is 0.310 e. The molecule has 1 aliphatic heterocycles. The summed E-state index contributed by atoms with van der Waals surface area (Å²) in [5.41, 5.74) is 1.90. The van der Waals surface area contributed by atoms with Gasteiger partial charge in [0.25, 0.3) is 12.4 Å². The minimum Gasteiger partial charge on any atom is -0.461 e. The second-order valence-electron chi connectivity index (χ2n) is 7.65. The monoisotopic (exact) mass is 492 g/mol. The van der Waals surface area contributed by atoms with Crippen LogP contribution in [0.25, 0.3) is 0 Å². The number of nitrogens with one attached hydrogen (secondary N) is 1. The van der Waals surface area contributed by atoms with Crippen molar-refractivity contribution in [3.05, 3.63) is 47.5 Å². The van der Waals surface area contributed by atoms with E-state index in [2.05, 4.69) is 5.32 Å². The molecule has 0 aliphatic carbocycles. The number of hydrogen-bond donors (Lipinski definition) is 1. The maximum atomic E-state index is 12.5. The fraction of sp³-hybridized carbons (Fsp3) is 0.520. The van der Waals surface area contributed by atoms with Gasteiger partial charge in [0.2, 0.25) is 5.91 Å². The van der Waals surface area contributed by atoms with Gasteiger partial charge in [0.15, 0.2) is 6.73 Å². The van der Waals surface area contributed by atoms with Crippen LogP contribution in [0.3, 0.4) is 0 Å². The van der Waals surface area contributed by atoms with Gasteiger partial charge in [0.1, 0.15) is 18.0 Å². The zero-order valence-electron chi connectivity index (χ0n) is 20.6. The fourth-order valence-electron chi connectivity index (χ4n) is 3.07. The van der Waals surface area contributed by atoms with Gasteiger partial charge in [-0.05, 0) is 31.9 Å². The first kappa shape index (κ1) is 29.2. The lowest BCUT2D eigenvalue weighted by atomic mass is 10.1. The minimum absolute atomic E-state index is 0.154. The molecule has 0 saturated carbocycles. The van der Waals surface area contributed by atoms with Crippen LogP contribution < -0.4 is 5.32 Å². The molecular weight excluding hydrogens is 456 g/mol. The summed E-state index contributed by atoms with van der Waals surface area (Å²) in [5.74, 6) is -0.849. The Hall–Kier alpha value is -2.81. The molecule has 1 heterocycles. The summed E-state index contributed by atoms with van der Waals surface area (Å²) in [6, 6.07) is 8.48. The van der Waals surface area contributed by atoms with Crippen LogP contribution in [0.1, 0.15) is 46.6 Å². The number of nitrogens with zero attached hydrogens (tertiary/aromatic N) is 1. The highest BCUT2D eigenvalue weighted by atomic mass is 32.2. The molecule has 1 aromatic carbocycles. The average molecular weight is 493 g/mol. The number of hydrogen-bond acceptors (Lipinski definition) is 7. The van der Waals surface area contributed by atoms with Gasteiger partial charge < -0.3 is 14.8 Å². The van der Waals surface area contributed by atoms with E-state index >= 15 is 0 Å². The highest BCUT2D eigenvalue weighted by molar-refractivity contribution is 8.00. The van der Waals surface area contributed by atoms with Crippen LogP contribution in [-0.4, -0.2) is 59.7 Å². The Bertz CT molecular complexity index is 826. The molecule has 188 valence electrons. The number of β-lactam (4-membered cyclic amide) rings is 1. The van der Waals surface area contributed by atoms with E-state index in [1.807, 2.05) is 71.0 Å². The van der Waals surface area contributed by atoms with Crippen molar-refractivity contribution in [1.29, 1.82) is 0 Å². The molecule has 9 heteroatoms. The Morgan fingerprint density at radius 2 is 1.88 bits per heavy atom. The van der Waals surface area contributed by atoms with E-state index in [1.165, 1.54) is 16.7 Å². The Labute approximate surface area is 206 Å². The van der Waals surface area contributed by atoms with Gasteiger partial charge in [-0.25, -0.2) is 0 Å². The number of esters is 1. The van der Waals surface area contributed by atoms with Crippen molar-refractivity contribution in [2.75, 3.05) is 19.1 Å². The lowest BCUT2D eigenvalue weighted by Gasteiger charge is -2.46. The first-order valence-corrected chi connectivity index (χ1v) is 12.5. The number of carbonyl (C=O) groups excluding carboxylic acids is 4. The first-order valence-electron chi connectivity index (χ1n) is 11.5. The fourth-order valence-corrected chi connectivity index (χ4v) is 4.60. The third-order valence-electron chi connectivity index (χ3n) is 4.96. The normalized spacial score (nSPS) is 17.3. The summed E-state index contributed by atoms with van der Waals surface area (Å²) in [4.78, 5) is 49.3. The van der Waals surface area contributed by atoms with Crippen molar-refractivity contribution in [2.45, 2.75) is 58.9 Å². The van der Waals surface area contributed by atoms with Crippen molar-refractivity contribution < 1.29 is 28.7 Å². The topological polar surface area (TPSA) is 102 Å². The van der Waals surface area contributed by atoms with Crippen LogP contribution >= 0.6 is 11.8 Å². The summed E-state index contributed by atoms with van der Waals surface area (Å²) in [6.07, 6.45) is 2.57. The summed E-state index contributed by atoms with van der Waals surface area (Å²) < 4.78 is 10.1. The Kier molecular flexibility index (Phi) is 13.7. The van der Waals surface area contributed by atoms with Crippen molar-refractivity contribution in [2.24, 2.45) is 5.92 Å². The molecule has 1 aromatic rings. The number of likely N-dealkylation sites (tertiary alicyclic amines) is 1. The highest BCUT2D eigenvalue weighted by Crippen LogP contribution is 2.32. The lowest BCUT2D eigenvalue weighted by Crippen LogP contribution is -2.70. The molecule has 3 atom stereocenters. The number of rotatable bonds is 13. The van der Waals surface area contributed by atoms with Crippen LogP contribution in [0.2, 0.25) is 0 Å². The molecule has 34 heavy (non-hydrogen) atoms. The van der Waals surface area contributed by atoms with Crippen molar-refractivity contribution >= 4 is 36.0 Å². The third kappa shape index (κ3) is 9.21. The van der Waals surface area contributed by atoms with Gasteiger partial charge in [-0.1, -0.05) is 56.7 Å². The zero-order valence-corrected chi connectivity index (χ0v) is 21.4. The number of carbonyl (C=O) groups is 4. The molecule has 2 rings (SSSR count). The Morgan fingerprint density at radius 1 is 1.21 bits per heavy atom. The largest absolute Gasteiger partial charge is 0.461 e. The van der Waals surface area contributed by atoms with E-state index in [0.29, 0.717) is 12.2 Å². The van der Waals surface area contributed by atoms with E-state index in [9.17, 15) is 19.2 Å². The zero-order chi connectivity index (χ0) is 25.5. The number of ether oxygens (including phenoxy) is 2. The SMILES string of the molecule is CC.CC[C@@H](CSC1C(NC(=O)Cc2ccccc2)C(=O)N1COC=O)C(=O)OCC=C(C)C. The number of allylic oxidation sites excluding steroid dienone is 1. The van der Waals surface area contributed by atoms with Gasteiger partial charge in [-0.2, -0.15) is 0 Å². The van der Waals surface area contributed by atoms with Crippen LogP contribution in [0, 0.1) is 5.92 Å². The molecule has 0 radical (unpaired) electrons. The van der Waals surface area contributed by atoms with Gasteiger partial charge in [0, 0.05) is 5.75 Å². The molecule has 0 aromatic heterocycles. The number of amides is 2. The van der Waals surface area contributed by atoms with Crippen LogP contribution in [0.4, 0.5) is 0 Å². The van der Waals surface area contributed by atoms with Crippen molar-refractivity contribution in [1.82, 2.24) is 10.2 Å². The number of benzene rings is 1. The predicted octanol–water partition coefficient (Wildman–Crippen LogP) is 3.31. The molecule has 0 spiro atoms. The van der Waals surface area contributed by atoms with Crippen LogP contribution in [0.5, 0.6) is 0 Å². The summed E-state index contributed by atoms with van der Waals surface area (Å²) in [5, 5.41) is 2.33. The molecule has 0 bridgehead atoms. The van der Waals surface area contributed by atoms with E-state index in [0.717, 1.165) is 11.1 Å². The molecule has 1 fully saturated rings. The molecule has 8 nitrogen and oxygen atoms in total. The predicted molar refractivity (Wildman–Crippen MR) is 133 cm³/mol. The van der Waals surface area contributed by atoms with E-state index in [4.69, 9.17) is 9.47 Å². The number of thioether (sulfide) groups is 1. The Morgan fingerprint density at radius 3 is 2.47 bits per heavy atom. The second-order valence-corrected chi connectivity index (χ2v) is 8.80. The highest BCUT2D eigenvalue weighted by Gasteiger charge is 2.49. The summed E-state index contributed by atoms with van der Waals surface area (Å²) in [6.45, 7) is 10.0. The van der Waals surface area contributed by atoms with Crippen LogP contribution in [0.15, 0.2) is 42.0 Å². The minimum atomic E-state index is -0.745. The van der Waals surface area contributed by atoms with E-state index in [-0.39, 0.29) is 49.9 Å². The van der Waals surface area contributed by atoms with Gasteiger partial charge in [-0.15, -0.1) is 11.8 Å². The molecular formula is C25H36N2O6S. The Balaban J connectivity index is 0.00000281. The summed E-state index contributed by atoms with van der Waals surface area (Å²) in [7, 11) is 0. The van der Waals surface area contributed by atoms with Crippen molar-refractivity contribution in [3.63, 3.8) is 0 Å². The van der Waals surface area contributed by atoms with Gasteiger partial charge in [0.05, 0.1) is 12.3 Å². The molecule has 1 saturated heterocycles. The van der Waals surface area contributed by atoms with Gasteiger partial charge >= 0.3 is 5.97 Å². The molecule has 2 amide bonds. The maximum Gasteiger partial charge on any atom is 0.310 e. The maximum absolute atomic E-state index is 12.5. The van der Waals surface area contributed by atoms with E-state index in [1.54, 1.807) is 0 Å². The van der Waals surface area contributed by atoms with Gasteiger partial charge in [-0.3, -0.25) is 24.1 Å². The quantitative estimate of drug-likeness (QED) is 0.195. The molecule has 2 unspecified atom stereocenters. The van der Waals surface area contributed by atoms with Crippen molar-refractivity contribution in [3.8, 4) is 0 Å². The van der Waals surface area contributed by atoms with E-state index < -0.39 is 11.4 Å². The standard InChI is InChI=1S/C23H30N2O6S.C2H6/c1-4-18(23(29)31-11-10-16(2)3)13-32-22-20(21(28)25(22)14-30-15-26)24-19(27)12-17-8-6-5-7-9-17;1-2/h5-10,15,18,20,22H,4,11-14H2,1-3H3,(H,24,27);1-2H3/t18-,20?,22?;/m0./s1. The molecule has 1 aliphatic rings. The third-order valence-corrected chi connectivity index (χ3v) is 6.42. The molecule has 1 N–H and O–H groups in total. The van der Waals surface area contributed by atoms with Crippen LogP contribution in [-0.2, 0) is 35.1 Å². The second kappa shape index (κ2) is 15.9. The lowest BCUT2D eigenvalue weighted by molar-refractivity contribution is -0.159. The average Bonchev–Trinajstić information content (AvgIpc) is 2.83. The first-order chi connectivity index (χ1) is 16.4. The summed E-state index contributed by atoms with van der Waals surface area (Å²) >= 11 is 1.36.